The van der Waals surface area contributed by atoms with Crippen LogP contribution in [-0.4, -0.2) is 33.5 Å². The Hall–Kier alpha value is -1.57. The Bertz CT molecular complexity index is 957. The zero-order valence-electron chi connectivity index (χ0n) is 17.0. The molecule has 1 heterocycles. The highest BCUT2D eigenvalue weighted by Gasteiger charge is 2.57. The molecule has 2 aromatic carbocycles. The van der Waals surface area contributed by atoms with Gasteiger partial charge in [-0.2, -0.15) is 13.2 Å². The Labute approximate surface area is 181 Å². The largest absolute Gasteiger partial charge is 0.493 e. The summed E-state index contributed by atoms with van der Waals surface area (Å²) in [6.07, 6.45) is -5.02. The normalized spacial score (nSPS) is 17.2. The maximum atomic E-state index is 14.0. The second-order valence-corrected chi connectivity index (χ2v) is 10.3. The number of rotatable bonds is 6. The fraction of sp³-hybridized carbons (Fsp3) is 0.455. The smallest absolute Gasteiger partial charge is 0.418 e. The lowest BCUT2D eigenvalue weighted by Crippen LogP contribution is -2.53. The van der Waals surface area contributed by atoms with Crippen molar-refractivity contribution in [2.24, 2.45) is 0 Å². The van der Waals surface area contributed by atoms with E-state index in [0.29, 0.717) is 29.4 Å². The summed E-state index contributed by atoms with van der Waals surface area (Å²) in [5, 5.41) is 11.2. The van der Waals surface area contributed by atoms with Crippen LogP contribution in [0.15, 0.2) is 41.3 Å². The Morgan fingerprint density at radius 3 is 2.40 bits per heavy atom. The van der Waals surface area contributed by atoms with Crippen molar-refractivity contribution in [1.82, 2.24) is 0 Å². The molecule has 0 saturated carbocycles. The van der Waals surface area contributed by atoms with Crippen molar-refractivity contribution in [2.75, 3.05) is 12.4 Å². The van der Waals surface area contributed by atoms with Crippen LogP contribution in [0.4, 0.5) is 13.2 Å². The van der Waals surface area contributed by atoms with E-state index >= 15 is 0 Å². The van der Waals surface area contributed by atoms with Crippen molar-refractivity contribution in [3.63, 3.8) is 0 Å². The van der Waals surface area contributed by atoms with Gasteiger partial charge in [0.25, 0.3) is 0 Å². The lowest BCUT2D eigenvalue weighted by Gasteiger charge is -2.38. The number of benzene rings is 2. The standard InChI is InChI=1S/C22H24ClF3O3S/c1-14-4-6-17(7-5-14)30(28)13-21(27,22(24,25)26)12-20(2,3)18-11-16(23)10-15-8-9-29-19(15)18/h4-7,10-11,27H,8-9,12-13H2,1-3H3/t21?,30-/m1/s1. The van der Waals surface area contributed by atoms with Crippen LogP contribution in [0.5, 0.6) is 5.75 Å². The molecular weight excluding hydrogens is 437 g/mol. The van der Waals surface area contributed by atoms with Crippen LogP contribution in [0.2, 0.25) is 5.02 Å². The zero-order valence-corrected chi connectivity index (χ0v) is 18.5. The summed E-state index contributed by atoms with van der Waals surface area (Å²) in [6, 6.07) is 9.72. The fourth-order valence-corrected chi connectivity index (χ4v) is 5.37. The van der Waals surface area contributed by atoms with Crippen LogP contribution in [0.3, 0.4) is 0 Å². The van der Waals surface area contributed by atoms with E-state index in [9.17, 15) is 22.5 Å². The molecule has 3 nitrogen and oxygen atoms in total. The molecule has 1 aliphatic heterocycles. The molecule has 8 heteroatoms. The maximum Gasteiger partial charge on any atom is 0.418 e. The number of hydrogen-bond donors (Lipinski definition) is 1. The second kappa shape index (κ2) is 8.17. The molecule has 0 aliphatic carbocycles. The van der Waals surface area contributed by atoms with Crippen LogP contribution in [0, 0.1) is 6.92 Å². The van der Waals surface area contributed by atoms with E-state index < -0.39 is 40.2 Å². The molecule has 0 aromatic heterocycles. The number of aryl methyl sites for hydroxylation is 1. The van der Waals surface area contributed by atoms with Crippen molar-refractivity contribution in [2.45, 2.75) is 55.7 Å². The number of aliphatic hydroxyl groups is 1. The highest BCUT2D eigenvalue weighted by atomic mass is 35.5. The fourth-order valence-electron chi connectivity index (χ4n) is 3.82. The van der Waals surface area contributed by atoms with E-state index in [0.717, 1.165) is 11.1 Å². The van der Waals surface area contributed by atoms with E-state index in [-0.39, 0.29) is 4.90 Å². The third-order valence-electron chi connectivity index (χ3n) is 5.39. The number of alkyl halides is 3. The predicted octanol–water partition coefficient (Wildman–Crippen LogP) is 5.35. The molecule has 0 amide bonds. The highest BCUT2D eigenvalue weighted by Crippen LogP contribution is 2.46. The Morgan fingerprint density at radius 1 is 1.17 bits per heavy atom. The molecule has 0 bridgehead atoms. The summed E-state index contributed by atoms with van der Waals surface area (Å²) in [4.78, 5) is 0.244. The van der Waals surface area contributed by atoms with E-state index in [4.69, 9.17) is 16.3 Å². The van der Waals surface area contributed by atoms with Gasteiger partial charge < -0.3 is 9.84 Å². The van der Waals surface area contributed by atoms with E-state index in [1.165, 1.54) is 12.1 Å². The molecule has 1 unspecified atom stereocenters. The zero-order chi connectivity index (χ0) is 22.3. The van der Waals surface area contributed by atoms with Gasteiger partial charge >= 0.3 is 6.18 Å². The monoisotopic (exact) mass is 460 g/mol. The molecule has 0 radical (unpaired) electrons. The number of fused-ring (bicyclic) bond motifs is 1. The van der Waals surface area contributed by atoms with Crippen LogP contribution in [0.25, 0.3) is 0 Å². The van der Waals surface area contributed by atoms with Crippen molar-refractivity contribution < 1.29 is 27.2 Å². The quantitative estimate of drug-likeness (QED) is 0.632. The maximum absolute atomic E-state index is 14.0. The minimum atomic E-state index is -4.97. The van der Waals surface area contributed by atoms with Crippen LogP contribution in [0.1, 0.15) is 37.0 Å². The minimum Gasteiger partial charge on any atom is -0.493 e. The first kappa shape index (κ1) is 23.1. The SMILES string of the molecule is Cc1ccc([S@](=O)CC(O)(CC(C)(C)c2cc(Cl)cc3c2OCC3)C(F)(F)F)cc1. The summed E-state index contributed by atoms with van der Waals surface area (Å²) in [5.41, 5.74) is -2.05. The van der Waals surface area contributed by atoms with Crippen molar-refractivity contribution in [3.05, 3.63) is 58.1 Å². The summed E-state index contributed by atoms with van der Waals surface area (Å²) in [5.74, 6) is -0.430. The van der Waals surface area contributed by atoms with Gasteiger partial charge in [0.15, 0.2) is 5.60 Å². The molecule has 0 saturated heterocycles. The first-order valence-electron chi connectivity index (χ1n) is 9.52. The number of halogens is 4. The van der Waals surface area contributed by atoms with Gasteiger partial charge in [-0.1, -0.05) is 43.1 Å². The van der Waals surface area contributed by atoms with Gasteiger partial charge in [-0.3, -0.25) is 4.21 Å². The van der Waals surface area contributed by atoms with Crippen LogP contribution >= 0.6 is 11.6 Å². The summed E-state index contributed by atoms with van der Waals surface area (Å²) in [6.45, 7) is 5.46. The Morgan fingerprint density at radius 2 is 1.80 bits per heavy atom. The van der Waals surface area contributed by atoms with Crippen molar-refractivity contribution in [1.29, 1.82) is 0 Å². The predicted molar refractivity (Wildman–Crippen MR) is 112 cm³/mol. The molecule has 2 aromatic rings. The second-order valence-electron chi connectivity index (χ2n) is 8.43. The molecule has 0 spiro atoms. The Balaban J connectivity index is 1.94. The van der Waals surface area contributed by atoms with Gasteiger partial charge in [-0.25, -0.2) is 0 Å². The highest BCUT2D eigenvalue weighted by molar-refractivity contribution is 7.85. The third kappa shape index (κ3) is 4.68. The van der Waals surface area contributed by atoms with Crippen molar-refractivity contribution >= 4 is 22.4 Å². The third-order valence-corrected chi connectivity index (χ3v) is 7.15. The van der Waals surface area contributed by atoms with Gasteiger partial charge in [0.1, 0.15) is 5.75 Å². The lowest BCUT2D eigenvalue weighted by atomic mass is 9.74. The van der Waals surface area contributed by atoms with E-state index in [1.807, 2.05) is 6.92 Å². The van der Waals surface area contributed by atoms with Gasteiger partial charge in [0.2, 0.25) is 0 Å². The van der Waals surface area contributed by atoms with E-state index in [1.54, 1.807) is 38.1 Å². The summed E-state index contributed by atoms with van der Waals surface area (Å²) in [7, 11) is -2.03. The molecular formula is C22H24ClF3O3S. The summed E-state index contributed by atoms with van der Waals surface area (Å²) >= 11 is 6.18. The van der Waals surface area contributed by atoms with Crippen LogP contribution < -0.4 is 4.74 Å². The number of ether oxygens (including phenoxy) is 1. The minimum absolute atomic E-state index is 0.244. The molecule has 1 N–H and O–H groups in total. The average molecular weight is 461 g/mol. The van der Waals surface area contributed by atoms with Gasteiger partial charge in [0, 0.05) is 21.9 Å². The van der Waals surface area contributed by atoms with E-state index in [2.05, 4.69) is 0 Å². The molecule has 3 rings (SSSR count). The molecule has 164 valence electrons. The van der Waals surface area contributed by atoms with Gasteiger partial charge in [-0.15, -0.1) is 0 Å². The molecule has 1 aliphatic rings. The lowest BCUT2D eigenvalue weighted by molar-refractivity contribution is -0.257. The summed E-state index contributed by atoms with van der Waals surface area (Å²) < 4.78 is 60.3. The van der Waals surface area contributed by atoms with Crippen LogP contribution in [-0.2, 0) is 22.6 Å². The molecule has 0 fully saturated rings. The van der Waals surface area contributed by atoms with Gasteiger partial charge in [0.05, 0.1) is 23.2 Å². The van der Waals surface area contributed by atoms with Gasteiger partial charge in [-0.05, 0) is 48.6 Å². The first-order chi connectivity index (χ1) is 13.8. The molecule has 2 atom stereocenters. The topological polar surface area (TPSA) is 46.5 Å². The molecule has 30 heavy (non-hydrogen) atoms. The average Bonchev–Trinajstić information content (AvgIpc) is 3.08. The number of hydrogen-bond acceptors (Lipinski definition) is 3. The first-order valence-corrected chi connectivity index (χ1v) is 11.2. The van der Waals surface area contributed by atoms with Crippen molar-refractivity contribution in [3.8, 4) is 5.75 Å². The Kier molecular flexibility index (Phi) is 6.29.